The number of aromatic carboxylic acids is 1. The molecule has 2 aromatic carbocycles. The maximum absolute atomic E-state index is 11.3. The number of phosphoric acid groups is 1. The minimum Gasteiger partial charge on any atom is -0.493 e. The number of carboxylic acids is 1. The number of fused-ring (bicyclic) bond motifs is 1. The summed E-state index contributed by atoms with van der Waals surface area (Å²) in [5.74, 6) is 1.11. The third-order valence-electron chi connectivity index (χ3n) is 3.92. The lowest BCUT2D eigenvalue weighted by Gasteiger charge is -2.13. The molecule has 3 aromatic rings. The Morgan fingerprint density at radius 3 is 2.19 bits per heavy atom. The zero-order chi connectivity index (χ0) is 23.2. The summed E-state index contributed by atoms with van der Waals surface area (Å²) in [6, 6.07) is 8.60. The molecular weight excluding hydrogens is 431 g/mol. The van der Waals surface area contributed by atoms with Crippen LogP contribution in [0.5, 0.6) is 17.2 Å². The van der Waals surface area contributed by atoms with Gasteiger partial charge < -0.3 is 39.0 Å². The van der Waals surface area contributed by atoms with Crippen molar-refractivity contribution in [3.63, 3.8) is 0 Å². The van der Waals surface area contributed by atoms with E-state index in [-0.39, 0.29) is 5.56 Å². The Kier molecular flexibility index (Phi) is 7.78. The van der Waals surface area contributed by atoms with Crippen LogP contribution >= 0.6 is 7.82 Å². The fraction of sp³-hybridized carbons (Fsp3) is 0.158. The van der Waals surface area contributed by atoms with Crippen molar-refractivity contribution in [2.24, 2.45) is 0 Å². The molecule has 1 aromatic heterocycles. The maximum atomic E-state index is 11.3. The van der Waals surface area contributed by atoms with E-state index in [1.54, 1.807) is 51.7 Å². The van der Waals surface area contributed by atoms with Crippen molar-refractivity contribution in [1.29, 1.82) is 0 Å². The van der Waals surface area contributed by atoms with Crippen LogP contribution in [0.4, 0.5) is 0 Å². The molecule has 31 heavy (non-hydrogen) atoms. The zero-order valence-corrected chi connectivity index (χ0v) is 17.7. The predicted molar refractivity (Wildman–Crippen MR) is 112 cm³/mol. The number of aromatic nitrogens is 2. The second-order valence-corrected chi connectivity index (χ2v) is 6.93. The van der Waals surface area contributed by atoms with Gasteiger partial charge in [-0.15, -0.1) is 0 Å². The molecule has 166 valence electrons. The van der Waals surface area contributed by atoms with E-state index in [1.165, 1.54) is 6.07 Å². The molecular formula is C19H21N2O9P. The van der Waals surface area contributed by atoms with E-state index in [9.17, 15) is 9.90 Å². The standard InChI is InChI=1S/C19H18N2O5.H3O4P/c1-24-14-9-7-11(17(25-2)18(14)26-3)8-10-15-20-13-6-4-5-12(19(22)23)16(13)21-15;1-5(2,3)4/h4-10H,1-3H3,(H,20,21)(H,22,23);(H3,1,2,3,4)/b10-8+;. The molecule has 0 aliphatic heterocycles. The first-order valence-corrected chi connectivity index (χ1v) is 10.1. The molecule has 0 bridgehead atoms. The Labute approximate surface area is 176 Å². The van der Waals surface area contributed by atoms with Crippen molar-refractivity contribution in [2.75, 3.05) is 21.3 Å². The van der Waals surface area contributed by atoms with Gasteiger partial charge in [0.25, 0.3) is 0 Å². The first-order chi connectivity index (χ1) is 14.6. The van der Waals surface area contributed by atoms with Crippen LogP contribution in [0.25, 0.3) is 23.2 Å². The van der Waals surface area contributed by atoms with Crippen LogP contribution in [-0.4, -0.2) is 57.1 Å². The Morgan fingerprint density at radius 1 is 1.00 bits per heavy atom. The number of hydrogen-bond donors (Lipinski definition) is 5. The quantitative estimate of drug-likeness (QED) is 0.350. The number of nitrogens with one attached hydrogen (secondary N) is 1. The summed E-state index contributed by atoms with van der Waals surface area (Å²) in [4.78, 5) is 40.3. The molecule has 0 unspecified atom stereocenters. The number of benzene rings is 2. The van der Waals surface area contributed by atoms with Gasteiger partial charge in [-0.3, -0.25) is 0 Å². The fourth-order valence-electron chi connectivity index (χ4n) is 2.73. The number of rotatable bonds is 6. The van der Waals surface area contributed by atoms with Crippen LogP contribution in [-0.2, 0) is 4.57 Å². The molecule has 3 rings (SSSR count). The highest BCUT2D eigenvalue weighted by atomic mass is 31.2. The van der Waals surface area contributed by atoms with Crippen LogP contribution in [0.15, 0.2) is 30.3 Å². The number of aromatic amines is 1. The average Bonchev–Trinajstić information content (AvgIpc) is 3.12. The van der Waals surface area contributed by atoms with E-state index in [1.807, 2.05) is 6.07 Å². The Balaban J connectivity index is 0.000000614. The lowest BCUT2D eigenvalue weighted by Crippen LogP contribution is -1.96. The molecule has 5 N–H and O–H groups in total. The minimum absolute atomic E-state index is 0.155. The average molecular weight is 452 g/mol. The molecule has 1 heterocycles. The van der Waals surface area contributed by atoms with E-state index in [2.05, 4.69) is 9.97 Å². The largest absolute Gasteiger partial charge is 0.493 e. The Bertz CT molecular complexity index is 1140. The molecule has 0 radical (unpaired) electrons. The fourth-order valence-corrected chi connectivity index (χ4v) is 2.73. The van der Waals surface area contributed by atoms with Gasteiger partial charge in [0, 0.05) is 5.56 Å². The minimum atomic E-state index is -4.64. The molecule has 0 saturated heterocycles. The number of ether oxygens (including phenoxy) is 3. The van der Waals surface area contributed by atoms with Gasteiger partial charge in [0.1, 0.15) is 11.3 Å². The van der Waals surface area contributed by atoms with Gasteiger partial charge in [-0.25, -0.2) is 14.3 Å². The highest BCUT2D eigenvalue weighted by molar-refractivity contribution is 7.45. The van der Waals surface area contributed by atoms with Gasteiger partial charge in [0.15, 0.2) is 11.5 Å². The van der Waals surface area contributed by atoms with Crippen LogP contribution < -0.4 is 14.2 Å². The monoisotopic (exact) mass is 452 g/mol. The van der Waals surface area contributed by atoms with Gasteiger partial charge in [-0.05, 0) is 36.4 Å². The number of para-hydroxylation sites is 1. The van der Waals surface area contributed by atoms with Gasteiger partial charge in [0.2, 0.25) is 5.75 Å². The van der Waals surface area contributed by atoms with Crippen LogP contribution in [0.1, 0.15) is 21.7 Å². The number of H-pyrrole nitrogens is 1. The summed E-state index contributed by atoms with van der Waals surface area (Å²) in [5, 5.41) is 9.26. The maximum Gasteiger partial charge on any atom is 0.466 e. The molecule has 0 saturated carbocycles. The predicted octanol–water partition coefficient (Wildman–Crippen LogP) is 2.53. The normalized spacial score (nSPS) is 11.2. The van der Waals surface area contributed by atoms with Crippen LogP contribution in [0.3, 0.4) is 0 Å². The molecule has 12 heteroatoms. The first-order valence-electron chi connectivity index (χ1n) is 8.56. The topological polar surface area (TPSA) is 171 Å². The van der Waals surface area contributed by atoms with E-state index in [4.69, 9.17) is 33.5 Å². The summed E-state index contributed by atoms with van der Waals surface area (Å²) >= 11 is 0. The molecule has 0 atom stereocenters. The van der Waals surface area contributed by atoms with Crippen molar-refractivity contribution >= 4 is 37.0 Å². The van der Waals surface area contributed by atoms with Gasteiger partial charge in [0.05, 0.1) is 32.4 Å². The van der Waals surface area contributed by atoms with Crippen LogP contribution in [0.2, 0.25) is 0 Å². The smallest absolute Gasteiger partial charge is 0.466 e. The summed E-state index contributed by atoms with van der Waals surface area (Å²) < 4.78 is 25.0. The Hall–Kier alpha value is -3.37. The van der Waals surface area contributed by atoms with Crippen molar-refractivity contribution in [3.05, 3.63) is 47.3 Å². The van der Waals surface area contributed by atoms with E-state index >= 15 is 0 Å². The molecule has 0 aliphatic carbocycles. The van der Waals surface area contributed by atoms with Gasteiger partial charge in [-0.2, -0.15) is 0 Å². The molecule has 0 amide bonds. The number of carbonyl (C=O) groups is 1. The number of methoxy groups -OCH3 is 3. The number of imidazole rings is 1. The molecule has 0 aliphatic rings. The zero-order valence-electron chi connectivity index (χ0n) is 16.8. The summed E-state index contributed by atoms with van der Waals surface area (Å²) in [6.45, 7) is 0. The summed E-state index contributed by atoms with van der Waals surface area (Å²) in [7, 11) is 0.0107. The van der Waals surface area contributed by atoms with Gasteiger partial charge >= 0.3 is 13.8 Å². The van der Waals surface area contributed by atoms with Crippen molar-refractivity contribution < 1.29 is 43.4 Å². The Morgan fingerprint density at radius 2 is 1.65 bits per heavy atom. The highest BCUT2D eigenvalue weighted by Gasteiger charge is 2.15. The molecule has 11 nitrogen and oxygen atoms in total. The second-order valence-electron chi connectivity index (χ2n) is 5.90. The van der Waals surface area contributed by atoms with Crippen molar-refractivity contribution in [3.8, 4) is 17.2 Å². The summed E-state index contributed by atoms with van der Waals surface area (Å²) in [6.07, 6.45) is 3.55. The lowest BCUT2D eigenvalue weighted by molar-refractivity contribution is 0.0698. The SMILES string of the molecule is COc1ccc(/C=C/c2nc3c(C(=O)O)cccc3[nH]2)c(OC)c1OC.O=P(O)(O)O. The number of hydrogen-bond acceptors (Lipinski definition) is 6. The third-order valence-corrected chi connectivity index (χ3v) is 3.92. The first kappa shape index (κ1) is 23.9. The highest BCUT2D eigenvalue weighted by Crippen LogP contribution is 2.40. The number of nitrogens with zero attached hydrogens (tertiary/aromatic N) is 1. The third kappa shape index (κ3) is 6.30. The van der Waals surface area contributed by atoms with Crippen molar-refractivity contribution in [1.82, 2.24) is 9.97 Å². The van der Waals surface area contributed by atoms with Gasteiger partial charge in [-0.1, -0.05) is 6.07 Å². The van der Waals surface area contributed by atoms with E-state index in [0.29, 0.717) is 34.1 Å². The summed E-state index contributed by atoms with van der Waals surface area (Å²) in [5.41, 5.74) is 1.99. The van der Waals surface area contributed by atoms with Crippen molar-refractivity contribution in [2.45, 2.75) is 0 Å². The second kappa shape index (κ2) is 10.1. The molecule has 0 spiro atoms. The van der Waals surface area contributed by atoms with E-state index in [0.717, 1.165) is 5.56 Å². The van der Waals surface area contributed by atoms with E-state index < -0.39 is 13.8 Å². The van der Waals surface area contributed by atoms with Crippen LogP contribution in [0, 0.1) is 0 Å². The molecule has 0 fully saturated rings. The lowest BCUT2D eigenvalue weighted by atomic mass is 10.1. The number of carboxylic acid groups (broad SMARTS) is 1.